The molecule has 0 radical (unpaired) electrons. The fourth-order valence-corrected chi connectivity index (χ4v) is 2.84. The number of pyridine rings is 1. The van der Waals surface area contributed by atoms with E-state index >= 15 is 0 Å². The van der Waals surface area contributed by atoms with Gasteiger partial charge in [-0.15, -0.1) is 16.9 Å². The molecular weight excluding hydrogens is 348 g/mol. The zero-order valence-electron chi connectivity index (χ0n) is 12.5. The smallest absolute Gasteiger partial charge is 0.322 e. The Morgan fingerprint density at radius 1 is 1.12 bits per heavy atom. The Balaban J connectivity index is 1.48. The lowest BCUT2D eigenvalue weighted by Gasteiger charge is -2.02. The Morgan fingerprint density at radius 3 is 2.62 bits per heavy atom. The van der Waals surface area contributed by atoms with Gasteiger partial charge in [0.15, 0.2) is 0 Å². The standard InChI is InChI=1S/C16H13ClN4O2S/c17-12-1-3-13(4-2-12)24-10-7-14(22)19-16-21-20-15(23-16)11-5-8-18-9-6-11/h1-6,8-9H,7,10H2,(H,19,21,22). The van der Waals surface area contributed by atoms with Crippen LogP contribution in [-0.4, -0.2) is 26.8 Å². The third-order valence-corrected chi connectivity index (χ3v) is 4.28. The highest BCUT2D eigenvalue weighted by atomic mass is 35.5. The van der Waals surface area contributed by atoms with Gasteiger partial charge in [0.25, 0.3) is 0 Å². The lowest BCUT2D eigenvalue weighted by Crippen LogP contribution is -2.12. The van der Waals surface area contributed by atoms with Crippen molar-refractivity contribution >= 4 is 35.3 Å². The molecule has 0 fully saturated rings. The first kappa shape index (κ1) is 16.5. The van der Waals surface area contributed by atoms with E-state index in [2.05, 4.69) is 20.5 Å². The molecule has 0 unspecified atom stereocenters. The van der Waals surface area contributed by atoms with E-state index in [1.807, 2.05) is 24.3 Å². The van der Waals surface area contributed by atoms with Crippen LogP contribution in [0.1, 0.15) is 6.42 Å². The highest BCUT2D eigenvalue weighted by Crippen LogP contribution is 2.22. The number of nitrogens with zero attached hydrogens (tertiary/aromatic N) is 3. The predicted octanol–water partition coefficient (Wildman–Crippen LogP) is 3.91. The van der Waals surface area contributed by atoms with Gasteiger partial charge in [0.05, 0.1) is 0 Å². The molecule has 0 saturated carbocycles. The molecule has 1 amide bonds. The molecule has 6 nitrogen and oxygen atoms in total. The van der Waals surface area contributed by atoms with Crippen LogP contribution in [0.25, 0.3) is 11.5 Å². The van der Waals surface area contributed by atoms with Crippen molar-refractivity contribution in [2.75, 3.05) is 11.1 Å². The highest BCUT2D eigenvalue weighted by Gasteiger charge is 2.11. The monoisotopic (exact) mass is 360 g/mol. The fraction of sp³-hybridized carbons (Fsp3) is 0.125. The minimum atomic E-state index is -0.179. The summed E-state index contributed by atoms with van der Waals surface area (Å²) in [6.07, 6.45) is 3.60. The second kappa shape index (κ2) is 7.94. The second-order valence-corrected chi connectivity index (χ2v) is 6.35. The molecule has 1 N–H and O–H groups in total. The van der Waals surface area contributed by atoms with Gasteiger partial charge in [0.1, 0.15) is 0 Å². The molecule has 0 aliphatic rings. The summed E-state index contributed by atoms with van der Waals surface area (Å²) in [5.41, 5.74) is 0.747. The van der Waals surface area contributed by atoms with Crippen molar-refractivity contribution in [1.29, 1.82) is 0 Å². The van der Waals surface area contributed by atoms with E-state index in [-0.39, 0.29) is 11.9 Å². The minimum Gasteiger partial charge on any atom is -0.403 e. The molecule has 0 saturated heterocycles. The van der Waals surface area contributed by atoms with Crippen LogP contribution >= 0.6 is 23.4 Å². The topological polar surface area (TPSA) is 80.9 Å². The van der Waals surface area contributed by atoms with Crippen LogP contribution < -0.4 is 5.32 Å². The molecule has 3 rings (SSSR count). The van der Waals surface area contributed by atoms with E-state index in [0.717, 1.165) is 10.5 Å². The molecule has 0 aliphatic heterocycles. The molecule has 0 atom stereocenters. The number of carbonyl (C=O) groups is 1. The van der Waals surface area contributed by atoms with Gasteiger partial charge < -0.3 is 4.42 Å². The van der Waals surface area contributed by atoms with Gasteiger partial charge in [-0.25, -0.2) is 0 Å². The molecule has 2 aromatic heterocycles. The Hall–Kier alpha value is -2.38. The maximum atomic E-state index is 11.9. The zero-order valence-corrected chi connectivity index (χ0v) is 14.0. The van der Waals surface area contributed by atoms with Crippen molar-refractivity contribution in [3.05, 3.63) is 53.8 Å². The molecule has 24 heavy (non-hydrogen) atoms. The molecule has 8 heteroatoms. The number of amides is 1. The van der Waals surface area contributed by atoms with Gasteiger partial charge >= 0.3 is 6.01 Å². The first-order valence-electron chi connectivity index (χ1n) is 7.13. The van der Waals surface area contributed by atoms with Crippen LogP contribution in [0.2, 0.25) is 5.02 Å². The number of thioether (sulfide) groups is 1. The molecule has 3 aromatic rings. The van der Waals surface area contributed by atoms with Crippen LogP contribution in [0.3, 0.4) is 0 Å². The van der Waals surface area contributed by atoms with Gasteiger partial charge in [0, 0.05) is 40.0 Å². The average molecular weight is 361 g/mol. The second-order valence-electron chi connectivity index (χ2n) is 4.75. The summed E-state index contributed by atoms with van der Waals surface area (Å²) in [4.78, 5) is 16.9. The number of rotatable bonds is 6. The fourth-order valence-electron chi connectivity index (χ4n) is 1.86. The van der Waals surface area contributed by atoms with Crippen LogP contribution in [-0.2, 0) is 4.79 Å². The van der Waals surface area contributed by atoms with Crippen molar-refractivity contribution in [3.63, 3.8) is 0 Å². The van der Waals surface area contributed by atoms with Crippen LogP contribution in [0.15, 0.2) is 58.1 Å². The van der Waals surface area contributed by atoms with Gasteiger partial charge in [-0.3, -0.25) is 15.1 Å². The molecule has 0 aliphatic carbocycles. The number of benzene rings is 1. The van der Waals surface area contributed by atoms with Crippen molar-refractivity contribution < 1.29 is 9.21 Å². The number of anilines is 1. The lowest BCUT2D eigenvalue weighted by molar-refractivity contribution is -0.115. The van der Waals surface area contributed by atoms with E-state index in [1.54, 1.807) is 36.3 Å². The van der Waals surface area contributed by atoms with Crippen molar-refractivity contribution in [2.24, 2.45) is 0 Å². The first-order chi connectivity index (χ1) is 11.7. The van der Waals surface area contributed by atoms with Crippen molar-refractivity contribution in [3.8, 4) is 11.5 Å². The molecule has 0 bridgehead atoms. The first-order valence-corrected chi connectivity index (χ1v) is 8.49. The number of halogens is 1. The van der Waals surface area contributed by atoms with E-state index in [1.165, 1.54) is 0 Å². The highest BCUT2D eigenvalue weighted by molar-refractivity contribution is 7.99. The summed E-state index contributed by atoms with van der Waals surface area (Å²) >= 11 is 7.41. The van der Waals surface area contributed by atoms with Gasteiger partial charge in [-0.2, -0.15) is 0 Å². The summed E-state index contributed by atoms with van der Waals surface area (Å²) in [7, 11) is 0. The minimum absolute atomic E-state index is 0.0864. The van der Waals surface area contributed by atoms with Crippen LogP contribution in [0.4, 0.5) is 6.01 Å². The third-order valence-electron chi connectivity index (χ3n) is 3.01. The van der Waals surface area contributed by atoms with Gasteiger partial charge in [0.2, 0.25) is 11.8 Å². The number of aromatic nitrogens is 3. The average Bonchev–Trinajstić information content (AvgIpc) is 3.06. The van der Waals surface area contributed by atoms with Crippen molar-refractivity contribution in [2.45, 2.75) is 11.3 Å². The van der Waals surface area contributed by atoms with Crippen LogP contribution in [0, 0.1) is 0 Å². The van der Waals surface area contributed by atoms with Gasteiger partial charge in [-0.1, -0.05) is 16.7 Å². The summed E-state index contributed by atoms with van der Waals surface area (Å²) in [5.74, 6) is 0.795. The van der Waals surface area contributed by atoms with E-state index in [4.69, 9.17) is 16.0 Å². The molecule has 0 spiro atoms. The summed E-state index contributed by atoms with van der Waals surface area (Å²) < 4.78 is 5.41. The number of carbonyl (C=O) groups excluding carboxylic acids is 1. The largest absolute Gasteiger partial charge is 0.403 e. The zero-order chi connectivity index (χ0) is 16.8. The Kier molecular flexibility index (Phi) is 5.45. The van der Waals surface area contributed by atoms with E-state index in [9.17, 15) is 4.79 Å². The van der Waals surface area contributed by atoms with E-state index < -0.39 is 0 Å². The third kappa shape index (κ3) is 4.56. The summed E-state index contributed by atoms with van der Waals surface area (Å²) in [6, 6.07) is 11.1. The summed E-state index contributed by atoms with van der Waals surface area (Å²) in [6.45, 7) is 0. The normalized spacial score (nSPS) is 10.5. The molecule has 122 valence electrons. The SMILES string of the molecule is O=C(CCSc1ccc(Cl)cc1)Nc1nnc(-c2ccncc2)o1. The number of hydrogen-bond donors (Lipinski definition) is 1. The number of nitrogens with one attached hydrogen (secondary N) is 1. The predicted molar refractivity (Wildman–Crippen MR) is 93.0 cm³/mol. The quantitative estimate of drug-likeness (QED) is 0.671. The lowest BCUT2D eigenvalue weighted by atomic mass is 10.3. The Bertz CT molecular complexity index is 808. The molecular formula is C16H13ClN4O2S. The maximum Gasteiger partial charge on any atom is 0.322 e. The van der Waals surface area contributed by atoms with Crippen molar-refractivity contribution in [1.82, 2.24) is 15.2 Å². The van der Waals surface area contributed by atoms with Gasteiger partial charge in [-0.05, 0) is 36.4 Å². The Morgan fingerprint density at radius 2 is 1.88 bits per heavy atom. The molecule has 1 aromatic carbocycles. The Labute approximate surface area is 147 Å². The van der Waals surface area contributed by atoms with Crippen LogP contribution in [0.5, 0.6) is 0 Å². The maximum absolute atomic E-state index is 11.9. The number of hydrogen-bond acceptors (Lipinski definition) is 6. The molecule has 2 heterocycles. The summed E-state index contributed by atoms with van der Waals surface area (Å²) in [5, 5.41) is 11.0. The van der Waals surface area contributed by atoms with E-state index in [0.29, 0.717) is 23.1 Å².